The van der Waals surface area contributed by atoms with Crippen LogP contribution in [0.25, 0.3) is 0 Å². The summed E-state index contributed by atoms with van der Waals surface area (Å²) < 4.78 is 0. The van der Waals surface area contributed by atoms with Gasteiger partial charge >= 0.3 is 0 Å². The Morgan fingerprint density at radius 2 is 0.739 bits per heavy atom. The molecule has 0 fully saturated rings. The number of rotatable bonds is 21. The molecule has 0 aliphatic heterocycles. The van der Waals surface area contributed by atoms with Crippen molar-refractivity contribution in [2.45, 2.75) is 142 Å². The summed E-state index contributed by atoms with van der Waals surface area (Å²) in [6, 6.07) is 0. The standard InChI is InChI=1S/C38H77N5O3/c1-33(2,3)24-36(10,11)27-40-30(44)16-19-39-20-23-43(21-17-31(45)41-28-37(12,13)25-34(4,5)6)22-18-32(46)42-29-38(14,15)26-35(7,8)9/h39H,16-29H2,1-15H3,(H,40,44)(H,41,45)(H,42,46). The zero-order chi connectivity index (χ0) is 36.0. The van der Waals surface area contributed by atoms with E-state index in [0.29, 0.717) is 71.6 Å². The maximum absolute atomic E-state index is 12.8. The normalized spacial score (nSPS) is 13.6. The van der Waals surface area contributed by atoms with Crippen LogP contribution in [0.2, 0.25) is 0 Å². The van der Waals surface area contributed by atoms with Crippen molar-refractivity contribution in [2.75, 3.05) is 52.4 Å². The molecule has 4 N–H and O–H groups in total. The molecule has 0 unspecified atom stereocenters. The summed E-state index contributed by atoms with van der Waals surface area (Å²) in [5, 5.41) is 12.8. The van der Waals surface area contributed by atoms with Crippen LogP contribution >= 0.6 is 0 Å². The van der Waals surface area contributed by atoms with Crippen LogP contribution in [-0.4, -0.2) is 75.0 Å². The van der Waals surface area contributed by atoms with Gasteiger partial charge < -0.3 is 26.2 Å². The first kappa shape index (κ1) is 44.3. The van der Waals surface area contributed by atoms with Crippen molar-refractivity contribution in [3.63, 3.8) is 0 Å². The lowest BCUT2D eigenvalue weighted by atomic mass is 9.76. The molecule has 0 aliphatic rings. The minimum Gasteiger partial charge on any atom is -0.356 e. The Bertz CT molecular complexity index is 872. The Kier molecular flexibility index (Phi) is 18.1. The molecule has 8 heteroatoms. The monoisotopic (exact) mass is 652 g/mol. The van der Waals surface area contributed by atoms with Crippen LogP contribution in [-0.2, 0) is 14.4 Å². The average molecular weight is 652 g/mol. The van der Waals surface area contributed by atoms with Crippen molar-refractivity contribution < 1.29 is 14.4 Å². The molecule has 0 radical (unpaired) electrons. The Morgan fingerprint density at radius 3 is 1.04 bits per heavy atom. The van der Waals surface area contributed by atoms with Crippen molar-refractivity contribution in [3.8, 4) is 0 Å². The first-order valence-corrected chi connectivity index (χ1v) is 17.8. The summed E-state index contributed by atoms with van der Waals surface area (Å²) in [5.74, 6) is 0.141. The highest BCUT2D eigenvalue weighted by Gasteiger charge is 2.28. The molecule has 0 rings (SSSR count). The van der Waals surface area contributed by atoms with Gasteiger partial charge in [0.2, 0.25) is 17.7 Å². The van der Waals surface area contributed by atoms with Crippen LogP contribution in [0, 0.1) is 32.5 Å². The Hall–Kier alpha value is -1.67. The number of amides is 3. The fourth-order valence-corrected chi connectivity index (χ4v) is 7.19. The Labute approximate surface area is 285 Å². The van der Waals surface area contributed by atoms with Gasteiger partial charge in [0.1, 0.15) is 0 Å². The Balaban J connectivity index is 4.92. The van der Waals surface area contributed by atoms with E-state index in [1.807, 2.05) is 0 Å². The molecule has 46 heavy (non-hydrogen) atoms. The molecule has 0 aromatic heterocycles. The second-order valence-corrected chi connectivity index (χ2v) is 19.9. The minimum absolute atomic E-state index is 0.0189. The van der Waals surface area contributed by atoms with Gasteiger partial charge in [-0.2, -0.15) is 0 Å². The largest absolute Gasteiger partial charge is 0.356 e. The predicted octanol–water partition coefficient (Wildman–Crippen LogP) is 6.78. The molecule has 0 saturated carbocycles. The van der Waals surface area contributed by atoms with Gasteiger partial charge in [-0.3, -0.25) is 14.4 Å². The van der Waals surface area contributed by atoms with E-state index in [0.717, 1.165) is 19.3 Å². The summed E-state index contributed by atoms with van der Waals surface area (Å²) in [4.78, 5) is 40.3. The third-order valence-corrected chi connectivity index (χ3v) is 7.76. The number of hydrogen-bond donors (Lipinski definition) is 4. The van der Waals surface area contributed by atoms with Crippen molar-refractivity contribution in [2.24, 2.45) is 32.5 Å². The lowest BCUT2D eigenvalue weighted by molar-refractivity contribution is -0.123. The van der Waals surface area contributed by atoms with E-state index < -0.39 is 0 Å². The number of nitrogens with one attached hydrogen (secondary N) is 4. The fraction of sp³-hybridized carbons (Fsp3) is 0.921. The van der Waals surface area contributed by atoms with Gasteiger partial charge in [0.15, 0.2) is 0 Å². The molecule has 0 aromatic rings. The van der Waals surface area contributed by atoms with Crippen LogP contribution in [0.3, 0.4) is 0 Å². The predicted molar refractivity (Wildman–Crippen MR) is 196 cm³/mol. The first-order valence-electron chi connectivity index (χ1n) is 17.8. The van der Waals surface area contributed by atoms with Crippen molar-refractivity contribution >= 4 is 17.7 Å². The van der Waals surface area contributed by atoms with Gasteiger partial charge in [-0.25, -0.2) is 0 Å². The smallest absolute Gasteiger partial charge is 0.221 e. The summed E-state index contributed by atoms with van der Waals surface area (Å²) in [5.41, 5.74) is 0.698. The molecule has 0 aromatic carbocycles. The molecule has 0 saturated heterocycles. The number of nitrogens with zero attached hydrogens (tertiary/aromatic N) is 1. The molecule has 0 aliphatic carbocycles. The summed E-state index contributed by atoms with van der Waals surface area (Å²) in [7, 11) is 0. The van der Waals surface area contributed by atoms with E-state index in [9.17, 15) is 14.4 Å². The van der Waals surface area contributed by atoms with Gasteiger partial charge in [0.25, 0.3) is 0 Å². The van der Waals surface area contributed by atoms with Gasteiger partial charge in [0, 0.05) is 71.6 Å². The second-order valence-electron chi connectivity index (χ2n) is 19.9. The molecule has 272 valence electrons. The lowest BCUT2D eigenvalue weighted by Crippen LogP contribution is -2.41. The van der Waals surface area contributed by atoms with Gasteiger partial charge in [-0.1, -0.05) is 104 Å². The molecule has 3 amide bonds. The Morgan fingerprint density at radius 1 is 0.435 bits per heavy atom. The molecule has 0 heterocycles. The van der Waals surface area contributed by atoms with E-state index in [4.69, 9.17) is 0 Å². The molecular formula is C38H77N5O3. The van der Waals surface area contributed by atoms with E-state index in [1.165, 1.54) is 0 Å². The quantitative estimate of drug-likeness (QED) is 0.103. The van der Waals surface area contributed by atoms with Crippen molar-refractivity contribution in [1.29, 1.82) is 0 Å². The van der Waals surface area contributed by atoms with Gasteiger partial charge in [0.05, 0.1) is 0 Å². The van der Waals surface area contributed by atoms with Crippen molar-refractivity contribution in [1.82, 2.24) is 26.2 Å². The van der Waals surface area contributed by atoms with E-state index in [2.05, 4.69) is 130 Å². The van der Waals surface area contributed by atoms with Gasteiger partial charge in [-0.05, 0) is 51.8 Å². The van der Waals surface area contributed by atoms with Crippen LogP contribution in [0.15, 0.2) is 0 Å². The zero-order valence-corrected chi connectivity index (χ0v) is 33.1. The summed E-state index contributed by atoms with van der Waals surface area (Å²) >= 11 is 0. The minimum atomic E-state index is 0.0189. The summed E-state index contributed by atoms with van der Waals surface area (Å²) in [6.07, 6.45) is 4.27. The molecule has 8 nitrogen and oxygen atoms in total. The number of carbonyl (C=O) groups is 3. The first-order chi connectivity index (χ1) is 20.6. The summed E-state index contributed by atoms with van der Waals surface area (Å²) in [6.45, 7) is 38.3. The molecular weight excluding hydrogens is 574 g/mol. The van der Waals surface area contributed by atoms with Crippen LogP contribution in [0.4, 0.5) is 0 Å². The molecule has 0 spiro atoms. The highest BCUT2D eigenvalue weighted by molar-refractivity contribution is 5.77. The van der Waals surface area contributed by atoms with E-state index in [1.54, 1.807) is 0 Å². The van der Waals surface area contributed by atoms with Crippen molar-refractivity contribution in [3.05, 3.63) is 0 Å². The highest BCUT2D eigenvalue weighted by Crippen LogP contribution is 2.34. The highest BCUT2D eigenvalue weighted by atomic mass is 16.2. The lowest BCUT2D eigenvalue weighted by Gasteiger charge is -2.33. The maximum atomic E-state index is 12.8. The van der Waals surface area contributed by atoms with Gasteiger partial charge in [-0.15, -0.1) is 0 Å². The third kappa shape index (κ3) is 26.4. The van der Waals surface area contributed by atoms with Crippen LogP contribution in [0.1, 0.15) is 142 Å². The third-order valence-electron chi connectivity index (χ3n) is 7.76. The second kappa shape index (κ2) is 18.8. The zero-order valence-electron chi connectivity index (χ0n) is 33.1. The van der Waals surface area contributed by atoms with Crippen LogP contribution < -0.4 is 21.3 Å². The number of carbonyl (C=O) groups excluding carboxylic acids is 3. The van der Waals surface area contributed by atoms with E-state index >= 15 is 0 Å². The molecule has 0 bridgehead atoms. The average Bonchev–Trinajstić information content (AvgIpc) is 2.81. The maximum Gasteiger partial charge on any atom is 0.221 e. The molecule has 0 atom stereocenters. The number of hydrogen-bond acceptors (Lipinski definition) is 5. The fourth-order valence-electron chi connectivity index (χ4n) is 7.19. The van der Waals surface area contributed by atoms with E-state index in [-0.39, 0.29) is 50.2 Å². The topological polar surface area (TPSA) is 103 Å². The van der Waals surface area contributed by atoms with Crippen LogP contribution in [0.5, 0.6) is 0 Å². The SMILES string of the molecule is CC(C)(C)CC(C)(C)CNC(=O)CCNCCN(CCC(=O)NCC(C)(C)CC(C)(C)C)CCC(=O)NCC(C)(C)CC(C)(C)C.